The van der Waals surface area contributed by atoms with Gasteiger partial charge in [0.2, 0.25) is 5.84 Å². The molecule has 0 unspecified atom stereocenters. The van der Waals surface area contributed by atoms with E-state index in [9.17, 15) is 13.2 Å². The Morgan fingerprint density at radius 2 is 2.17 bits per heavy atom. The van der Waals surface area contributed by atoms with Gasteiger partial charge in [0, 0.05) is 5.02 Å². The fourth-order valence-corrected chi connectivity index (χ4v) is 4.08. The quantitative estimate of drug-likeness (QED) is 0.351. The first kappa shape index (κ1) is 18.8. The maximum absolute atomic E-state index is 12.0. The lowest BCUT2D eigenvalue weighted by atomic mass is 10.3. The SMILES string of the molecule is CCOC(=O)C(=N[C@H]1CCS(=O)(=O)C1)NNc1cc(Cl)ccc1Cl. The van der Waals surface area contributed by atoms with Gasteiger partial charge in [-0.05, 0) is 31.5 Å². The van der Waals surface area contributed by atoms with E-state index < -0.39 is 21.8 Å². The van der Waals surface area contributed by atoms with E-state index in [1.807, 2.05) is 0 Å². The number of carbonyl (C=O) groups is 1. The van der Waals surface area contributed by atoms with E-state index in [2.05, 4.69) is 15.8 Å². The first-order valence-corrected chi connectivity index (χ1v) is 9.81. The van der Waals surface area contributed by atoms with Crippen molar-refractivity contribution in [1.29, 1.82) is 0 Å². The highest BCUT2D eigenvalue weighted by Crippen LogP contribution is 2.24. The third kappa shape index (κ3) is 5.25. The summed E-state index contributed by atoms with van der Waals surface area (Å²) in [5.41, 5.74) is 5.82. The highest BCUT2D eigenvalue weighted by molar-refractivity contribution is 7.91. The van der Waals surface area contributed by atoms with Crippen molar-refractivity contribution in [3.8, 4) is 0 Å². The van der Waals surface area contributed by atoms with E-state index in [1.165, 1.54) is 0 Å². The molecule has 1 atom stereocenters. The first-order valence-electron chi connectivity index (χ1n) is 7.23. The Kier molecular flexibility index (Phi) is 6.31. The Morgan fingerprint density at radius 1 is 1.42 bits per heavy atom. The topological polar surface area (TPSA) is 96.9 Å². The number of hydrazine groups is 1. The van der Waals surface area contributed by atoms with Crippen LogP contribution in [0.5, 0.6) is 0 Å². The van der Waals surface area contributed by atoms with Gasteiger partial charge in [-0.1, -0.05) is 23.2 Å². The molecule has 1 aliphatic rings. The number of halogens is 2. The maximum Gasteiger partial charge on any atom is 0.375 e. The van der Waals surface area contributed by atoms with Gasteiger partial charge < -0.3 is 4.74 Å². The molecule has 10 heteroatoms. The number of rotatable bonds is 4. The van der Waals surface area contributed by atoms with Gasteiger partial charge in [0.05, 0.1) is 34.9 Å². The zero-order valence-corrected chi connectivity index (χ0v) is 15.2. The highest BCUT2D eigenvalue weighted by atomic mass is 35.5. The Labute approximate surface area is 150 Å². The van der Waals surface area contributed by atoms with Gasteiger partial charge in [0.15, 0.2) is 9.84 Å². The average molecular weight is 394 g/mol. The molecule has 2 N–H and O–H groups in total. The van der Waals surface area contributed by atoms with E-state index in [0.29, 0.717) is 22.2 Å². The van der Waals surface area contributed by atoms with Crippen LogP contribution >= 0.6 is 23.2 Å². The van der Waals surface area contributed by atoms with E-state index >= 15 is 0 Å². The number of anilines is 1. The number of sulfone groups is 1. The van der Waals surface area contributed by atoms with Crippen molar-refractivity contribution in [2.45, 2.75) is 19.4 Å². The van der Waals surface area contributed by atoms with Gasteiger partial charge in [-0.25, -0.2) is 13.2 Å². The molecule has 0 spiro atoms. The summed E-state index contributed by atoms with van der Waals surface area (Å²) in [7, 11) is -3.10. The number of nitrogens with zero attached hydrogens (tertiary/aromatic N) is 1. The number of hydrogen-bond acceptors (Lipinski definition) is 6. The first-order chi connectivity index (χ1) is 11.3. The van der Waals surface area contributed by atoms with Crippen molar-refractivity contribution >= 4 is 50.5 Å². The van der Waals surface area contributed by atoms with Crippen LogP contribution in [0.1, 0.15) is 13.3 Å². The average Bonchev–Trinajstić information content (AvgIpc) is 2.85. The molecule has 0 saturated carbocycles. The molecular weight excluding hydrogens is 377 g/mol. The second kappa shape index (κ2) is 8.04. The van der Waals surface area contributed by atoms with Gasteiger partial charge in [0.1, 0.15) is 0 Å². The molecular formula is C14H17Cl2N3O4S. The summed E-state index contributed by atoms with van der Waals surface area (Å²) in [6.07, 6.45) is 0.366. The van der Waals surface area contributed by atoms with E-state index in [-0.39, 0.29) is 23.9 Å². The standard InChI is InChI=1S/C14H17Cl2N3O4S/c1-2-23-14(20)13(17-10-5-6-24(21,22)8-10)19-18-12-7-9(15)3-4-11(12)16/h3-4,7,10,18H,2,5-6,8H2,1H3,(H,17,19)/t10-/m0/s1. The summed E-state index contributed by atoms with van der Waals surface area (Å²) >= 11 is 11.9. The molecule has 0 radical (unpaired) electrons. The smallest absolute Gasteiger partial charge is 0.375 e. The largest absolute Gasteiger partial charge is 0.460 e. The Hall–Kier alpha value is -1.51. The Bertz CT molecular complexity index is 752. The Morgan fingerprint density at radius 3 is 2.79 bits per heavy atom. The zero-order chi connectivity index (χ0) is 17.7. The second-order valence-electron chi connectivity index (χ2n) is 5.13. The zero-order valence-electron chi connectivity index (χ0n) is 12.9. The molecule has 2 rings (SSSR count). The number of amidine groups is 1. The highest BCUT2D eigenvalue weighted by Gasteiger charge is 2.29. The molecule has 24 heavy (non-hydrogen) atoms. The van der Waals surface area contributed by atoms with Crippen LogP contribution in [0.3, 0.4) is 0 Å². The molecule has 0 amide bonds. The number of carbonyl (C=O) groups excluding carboxylic acids is 1. The van der Waals surface area contributed by atoms with Crippen LogP contribution in [-0.4, -0.2) is 44.4 Å². The summed E-state index contributed by atoms with van der Waals surface area (Å²) in [5.74, 6) is -0.831. The summed E-state index contributed by atoms with van der Waals surface area (Å²) in [6.45, 7) is 1.83. The van der Waals surface area contributed by atoms with E-state index in [4.69, 9.17) is 27.9 Å². The van der Waals surface area contributed by atoms with Crippen molar-refractivity contribution in [2.24, 2.45) is 4.99 Å². The predicted molar refractivity (Wildman–Crippen MR) is 94.3 cm³/mol. The van der Waals surface area contributed by atoms with Crippen LogP contribution in [0.25, 0.3) is 0 Å². The molecule has 0 aromatic heterocycles. The normalized spacial score (nSPS) is 19.8. The lowest BCUT2D eigenvalue weighted by Gasteiger charge is -2.14. The number of benzene rings is 1. The lowest BCUT2D eigenvalue weighted by Crippen LogP contribution is -2.38. The third-order valence-corrected chi connectivity index (χ3v) is 5.55. The second-order valence-corrected chi connectivity index (χ2v) is 8.20. The molecule has 1 aromatic carbocycles. The van der Waals surface area contributed by atoms with Crippen LogP contribution in [0.2, 0.25) is 10.0 Å². The fraction of sp³-hybridized carbons (Fsp3) is 0.429. The number of nitrogens with one attached hydrogen (secondary N) is 2. The summed E-state index contributed by atoms with van der Waals surface area (Å²) in [5, 5.41) is 0.846. The summed E-state index contributed by atoms with van der Waals surface area (Å²) in [4.78, 5) is 16.2. The van der Waals surface area contributed by atoms with Crippen molar-refractivity contribution in [1.82, 2.24) is 5.43 Å². The molecule has 0 aliphatic carbocycles. The summed E-state index contributed by atoms with van der Waals surface area (Å²) < 4.78 is 28.0. The maximum atomic E-state index is 12.0. The Balaban J connectivity index is 2.14. The molecule has 0 bridgehead atoms. The van der Waals surface area contributed by atoms with Gasteiger partial charge in [-0.15, -0.1) is 0 Å². The number of ether oxygens (including phenoxy) is 1. The third-order valence-electron chi connectivity index (χ3n) is 3.23. The molecule has 7 nitrogen and oxygen atoms in total. The fourth-order valence-electron chi connectivity index (χ4n) is 2.12. The van der Waals surface area contributed by atoms with Crippen LogP contribution in [0.4, 0.5) is 5.69 Å². The number of hydrogen-bond donors (Lipinski definition) is 2. The van der Waals surface area contributed by atoms with Crippen LogP contribution in [0, 0.1) is 0 Å². The van der Waals surface area contributed by atoms with Crippen molar-refractivity contribution in [3.63, 3.8) is 0 Å². The molecule has 1 fully saturated rings. The molecule has 1 aliphatic heterocycles. The number of esters is 1. The van der Waals surface area contributed by atoms with Crippen molar-refractivity contribution in [3.05, 3.63) is 28.2 Å². The molecule has 1 aromatic rings. The minimum atomic E-state index is -3.10. The molecule has 1 heterocycles. The van der Waals surface area contributed by atoms with Gasteiger partial charge in [-0.3, -0.25) is 15.8 Å². The van der Waals surface area contributed by atoms with Crippen LogP contribution < -0.4 is 10.9 Å². The van der Waals surface area contributed by atoms with Gasteiger partial charge in [-0.2, -0.15) is 0 Å². The number of aliphatic imine (C=N–C) groups is 1. The van der Waals surface area contributed by atoms with E-state index in [0.717, 1.165) is 0 Å². The van der Waals surface area contributed by atoms with Crippen LogP contribution in [0.15, 0.2) is 23.2 Å². The lowest BCUT2D eigenvalue weighted by molar-refractivity contribution is -0.135. The molecule has 1 saturated heterocycles. The van der Waals surface area contributed by atoms with E-state index in [1.54, 1.807) is 25.1 Å². The van der Waals surface area contributed by atoms with Gasteiger partial charge >= 0.3 is 5.97 Å². The predicted octanol–water partition coefficient (Wildman–Crippen LogP) is 2.06. The van der Waals surface area contributed by atoms with Crippen LogP contribution in [-0.2, 0) is 19.4 Å². The monoisotopic (exact) mass is 393 g/mol. The molecule has 132 valence electrons. The minimum Gasteiger partial charge on any atom is -0.460 e. The van der Waals surface area contributed by atoms with Crippen molar-refractivity contribution < 1.29 is 17.9 Å². The summed E-state index contributed by atoms with van der Waals surface area (Å²) in [6, 6.07) is 4.30. The van der Waals surface area contributed by atoms with Crippen molar-refractivity contribution in [2.75, 3.05) is 23.5 Å². The van der Waals surface area contributed by atoms with Gasteiger partial charge in [0.25, 0.3) is 0 Å². The minimum absolute atomic E-state index is 0.0603.